The summed E-state index contributed by atoms with van der Waals surface area (Å²) < 4.78 is 40.2. The highest BCUT2D eigenvalue weighted by Crippen LogP contribution is 2.31. The van der Waals surface area contributed by atoms with Crippen LogP contribution < -0.4 is 5.32 Å². The highest BCUT2D eigenvalue weighted by atomic mass is 32.2. The van der Waals surface area contributed by atoms with Gasteiger partial charge >= 0.3 is 0 Å². The van der Waals surface area contributed by atoms with Crippen LogP contribution in [0.25, 0.3) is 0 Å². The molecule has 0 saturated carbocycles. The summed E-state index contributed by atoms with van der Waals surface area (Å²) >= 11 is 0. The van der Waals surface area contributed by atoms with E-state index in [0.717, 1.165) is 18.4 Å². The van der Waals surface area contributed by atoms with Gasteiger partial charge in [0, 0.05) is 25.2 Å². The molecule has 0 bridgehead atoms. The smallest absolute Gasteiger partial charge is 0.251 e. The third-order valence-corrected chi connectivity index (χ3v) is 6.85. The number of piperidine rings is 1. The number of nitrogens with one attached hydrogen (secondary N) is 1. The number of carbonyl (C=O) groups is 1. The van der Waals surface area contributed by atoms with E-state index in [-0.39, 0.29) is 28.6 Å². The van der Waals surface area contributed by atoms with Gasteiger partial charge < -0.3 is 5.32 Å². The van der Waals surface area contributed by atoms with Gasteiger partial charge in [-0.25, -0.2) is 12.8 Å². The van der Waals surface area contributed by atoms with Gasteiger partial charge in [0.05, 0.1) is 4.90 Å². The van der Waals surface area contributed by atoms with Crippen molar-refractivity contribution in [2.75, 3.05) is 13.1 Å². The molecule has 1 saturated heterocycles. The van der Waals surface area contributed by atoms with Crippen LogP contribution in [-0.4, -0.2) is 31.7 Å². The standard InChI is InChI=1S/C21H25FN2O3S/c1-21(2)12-3-13-24(15-21)28(26,27)19-10-6-17(7-11-19)20(25)23-14-16-4-8-18(22)9-5-16/h4-11H,3,12-15H2,1-2H3,(H,23,25). The molecule has 2 aromatic carbocycles. The maximum absolute atomic E-state index is 12.9. The summed E-state index contributed by atoms with van der Waals surface area (Å²) in [4.78, 5) is 12.5. The molecule has 150 valence electrons. The first-order valence-corrected chi connectivity index (χ1v) is 10.7. The first kappa shape index (κ1) is 20.5. The molecule has 0 aromatic heterocycles. The van der Waals surface area contributed by atoms with Crippen LogP contribution in [0.1, 0.15) is 42.6 Å². The Morgan fingerprint density at radius 3 is 2.36 bits per heavy atom. The molecule has 2 aromatic rings. The Morgan fingerprint density at radius 2 is 1.75 bits per heavy atom. The van der Waals surface area contributed by atoms with Crippen molar-refractivity contribution in [2.24, 2.45) is 5.41 Å². The minimum absolute atomic E-state index is 0.0362. The fraction of sp³-hybridized carbons (Fsp3) is 0.381. The van der Waals surface area contributed by atoms with Crippen molar-refractivity contribution in [1.29, 1.82) is 0 Å². The van der Waals surface area contributed by atoms with Gasteiger partial charge in [-0.1, -0.05) is 26.0 Å². The maximum Gasteiger partial charge on any atom is 0.251 e. The summed E-state index contributed by atoms with van der Waals surface area (Å²) in [5.41, 5.74) is 1.12. The molecule has 5 nitrogen and oxygen atoms in total. The molecule has 3 rings (SSSR count). The van der Waals surface area contributed by atoms with Gasteiger partial charge in [0.25, 0.3) is 5.91 Å². The van der Waals surface area contributed by atoms with E-state index < -0.39 is 10.0 Å². The van der Waals surface area contributed by atoms with Crippen molar-refractivity contribution in [1.82, 2.24) is 9.62 Å². The van der Waals surface area contributed by atoms with E-state index in [0.29, 0.717) is 18.7 Å². The van der Waals surface area contributed by atoms with Crippen molar-refractivity contribution < 1.29 is 17.6 Å². The molecule has 0 spiro atoms. The van der Waals surface area contributed by atoms with Crippen molar-refractivity contribution >= 4 is 15.9 Å². The van der Waals surface area contributed by atoms with Crippen LogP contribution in [0, 0.1) is 11.2 Å². The minimum atomic E-state index is -3.57. The highest BCUT2D eigenvalue weighted by Gasteiger charge is 2.34. The first-order chi connectivity index (χ1) is 13.2. The molecule has 0 aliphatic carbocycles. The Bertz CT molecular complexity index is 939. The second kappa shape index (κ2) is 8.01. The predicted octanol–water partition coefficient (Wildman–Crippen LogP) is 3.57. The molecule has 0 atom stereocenters. The van der Waals surface area contributed by atoms with Gasteiger partial charge in [-0.05, 0) is 60.2 Å². The van der Waals surface area contributed by atoms with Gasteiger partial charge in [-0.2, -0.15) is 4.31 Å². The molecule has 1 heterocycles. The number of carbonyl (C=O) groups excluding carboxylic acids is 1. The average Bonchev–Trinajstić information content (AvgIpc) is 2.66. The lowest BCUT2D eigenvalue weighted by Gasteiger charge is -2.37. The van der Waals surface area contributed by atoms with Crippen LogP contribution >= 0.6 is 0 Å². The van der Waals surface area contributed by atoms with Gasteiger partial charge in [0.1, 0.15) is 5.82 Å². The predicted molar refractivity (Wildman–Crippen MR) is 106 cm³/mol. The third-order valence-electron chi connectivity index (χ3n) is 4.99. The summed E-state index contributed by atoms with van der Waals surface area (Å²) in [6.07, 6.45) is 1.85. The van der Waals surface area contributed by atoms with Crippen LogP contribution in [0.15, 0.2) is 53.4 Å². The second-order valence-electron chi connectivity index (χ2n) is 7.94. The number of nitrogens with zero attached hydrogens (tertiary/aromatic N) is 1. The topological polar surface area (TPSA) is 66.5 Å². The van der Waals surface area contributed by atoms with E-state index >= 15 is 0 Å². The molecule has 0 unspecified atom stereocenters. The molecule has 7 heteroatoms. The quantitative estimate of drug-likeness (QED) is 0.829. The summed E-state index contributed by atoms with van der Waals surface area (Å²) in [5.74, 6) is -0.642. The molecular formula is C21H25FN2O3S. The molecule has 1 amide bonds. The van der Waals surface area contributed by atoms with Crippen LogP contribution in [0.5, 0.6) is 0 Å². The zero-order chi connectivity index (χ0) is 20.4. The van der Waals surface area contributed by atoms with Crippen molar-refractivity contribution in [3.05, 3.63) is 65.5 Å². The number of amides is 1. The largest absolute Gasteiger partial charge is 0.348 e. The lowest BCUT2D eigenvalue weighted by Crippen LogP contribution is -2.43. The Balaban J connectivity index is 1.66. The van der Waals surface area contributed by atoms with Crippen LogP contribution in [0.2, 0.25) is 0 Å². The van der Waals surface area contributed by atoms with E-state index in [1.165, 1.54) is 40.7 Å². The molecule has 1 fully saturated rings. The molecule has 0 radical (unpaired) electrons. The summed E-state index contributed by atoms with van der Waals surface area (Å²) in [7, 11) is -3.57. The van der Waals surface area contributed by atoms with Gasteiger partial charge in [0.15, 0.2) is 0 Å². The average molecular weight is 405 g/mol. The Labute approximate surface area is 165 Å². The van der Waals surface area contributed by atoms with Gasteiger partial charge in [-0.15, -0.1) is 0 Å². The van der Waals surface area contributed by atoms with E-state index in [1.54, 1.807) is 12.1 Å². The number of hydrogen-bond donors (Lipinski definition) is 1. The molecule has 1 N–H and O–H groups in total. The number of halogens is 1. The lowest BCUT2D eigenvalue weighted by molar-refractivity contribution is 0.0951. The molecule has 28 heavy (non-hydrogen) atoms. The fourth-order valence-corrected chi connectivity index (χ4v) is 5.06. The Hall–Kier alpha value is -2.25. The summed E-state index contributed by atoms with van der Waals surface area (Å²) in [5, 5.41) is 2.75. The molecule has 1 aliphatic heterocycles. The van der Waals surface area contributed by atoms with E-state index in [2.05, 4.69) is 19.2 Å². The molecule has 1 aliphatic rings. The fourth-order valence-electron chi connectivity index (χ4n) is 3.39. The minimum Gasteiger partial charge on any atom is -0.348 e. The normalized spacial score (nSPS) is 17.2. The number of benzene rings is 2. The highest BCUT2D eigenvalue weighted by molar-refractivity contribution is 7.89. The summed E-state index contributed by atoms with van der Waals surface area (Å²) in [6, 6.07) is 11.9. The number of sulfonamides is 1. The second-order valence-corrected chi connectivity index (χ2v) is 9.88. The van der Waals surface area contributed by atoms with Crippen LogP contribution in [0.4, 0.5) is 4.39 Å². The van der Waals surface area contributed by atoms with Gasteiger partial charge in [0.2, 0.25) is 10.0 Å². The number of hydrogen-bond acceptors (Lipinski definition) is 3. The van der Waals surface area contributed by atoms with Crippen LogP contribution in [0.3, 0.4) is 0 Å². The van der Waals surface area contributed by atoms with Crippen molar-refractivity contribution in [2.45, 2.75) is 38.1 Å². The van der Waals surface area contributed by atoms with E-state index in [1.807, 2.05) is 0 Å². The van der Waals surface area contributed by atoms with E-state index in [9.17, 15) is 17.6 Å². The lowest BCUT2D eigenvalue weighted by atomic mass is 9.85. The summed E-state index contributed by atoms with van der Waals surface area (Å²) in [6.45, 7) is 5.43. The maximum atomic E-state index is 12.9. The van der Waals surface area contributed by atoms with Crippen molar-refractivity contribution in [3.63, 3.8) is 0 Å². The number of rotatable bonds is 5. The third kappa shape index (κ3) is 4.77. The Morgan fingerprint density at radius 1 is 1.11 bits per heavy atom. The van der Waals surface area contributed by atoms with Gasteiger partial charge in [-0.3, -0.25) is 4.79 Å². The zero-order valence-electron chi connectivity index (χ0n) is 16.1. The monoisotopic (exact) mass is 404 g/mol. The van der Waals surface area contributed by atoms with Crippen LogP contribution in [-0.2, 0) is 16.6 Å². The SMILES string of the molecule is CC1(C)CCCN(S(=O)(=O)c2ccc(C(=O)NCc3ccc(F)cc3)cc2)C1. The van der Waals surface area contributed by atoms with E-state index in [4.69, 9.17) is 0 Å². The first-order valence-electron chi connectivity index (χ1n) is 9.30. The van der Waals surface area contributed by atoms with Crippen molar-refractivity contribution in [3.8, 4) is 0 Å². The Kier molecular flexibility index (Phi) is 5.86. The zero-order valence-corrected chi connectivity index (χ0v) is 16.9. The molecular weight excluding hydrogens is 379 g/mol.